The molecule has 0 aliphatic rings. The molecule has 0 aromatic rings. The van der Waals surface area contributed by atoms with Crippen LogP contribution in [-0.2, 0) is 19.1 Å². The zero-order chi connectivity index (χ0) is 17.6. The zero-order valence-electron chi connectivity index (χ0n) is 15.6. The van der Waals surface area contributed by atoms with Gasteiger partial charge in [0.15, 0.2) is 0 Å². The van der Waals surface area contributed by atoms with Crippen molar-refractivity contribution in [3.8, 4) is 0 Å². The van der Waals surface area contributed by atoms with E-state index in [1.165, 1.54) is 0 Å². The van der Waals surface area contributed by atoms with Gasteiger partial charge in [0, 0.05) is 19.3 Å². The molecule has 0 atom stereocenters. The van der Waals surface area contributed by atoms with Gasteiger partial charge in [-0.05, 0) is 26.7 Å². The Morgan fingerprint density at radius 2 is 1.30 bits per heavy atom. The number of unbranched alkanes of at least 4 members (excludes halogenated alkanes) is 6. The molecule has 0 radical (unpaired) electrons. The summed E-state index contributed by atoms with van der Waals surface area (Å²) >= 11 is 0. The molecule has 0 rings (SSSR count). The summed E-state index contributed by atoms with van der Waals surface area (Å²) < 4.78 is 10.7. The van der Waals surface area contributed by atoms with Gasteiger partial charge in [0.1, 0.15) is 5.60 Å². The first kappa shape index (κ1) is 21.9. The molecule has 0 amide bonds. The first-order valence-corrected chi connectivity index (χ1v) is 9.28. The second-order valence-corrected chi connectivity index (χ2v) is 6.83. The van der Waals surface area contributed by atoms with Gasteiger partial charge in [-0.1, -0.05) is 52.4 Å². The zero-order valence-corrected chi connectivity index (χ0v) is 15.6. The normalized spacial score (nSPS) is 11.3. The van der Waals surface area contributed by atoms with Crippen molar-refractivity contribution >= 4 is 11.9 Å². The molecule has 0 bridgehead atoms. The van der Waals surface area contributed by atoms with Crippen LogP contribution < -0.4 is 0 Å². The Bertz CT molecular complexity index is 323. The number of hydrogen-bond acceptors (Lipinski definition) is 4. The van der Waals surface area contributed by atoms with Crippen LogP contribution in [0.25, 0.3) is 0 Å². The highest BCUT2D eigenvalue weighted by Crippen LogP contribution is 2.17. The third kappa shape index (κ3) is 14.3. The van der Waals surface area contributed by atoms with E-state index in [0.717, 1.165) is 51.4 Å². The lowest BCUT2D eigenvalue weighted by Gasteiger charge is -2.25. The summed E-state index contributed by atoms with van der Waals surface area (Å²) in [6.45, 7) is 8.33. The summed E-state index contributed by atoms with van der Waals surface area (Å²) in [5.74, 6) is -0.306. The van der Waals surface area contributed by atoms with E-state index < -0.39 is 5.60 Å². The lowest BCUT2D eigenvalue weighted by Crippen LogP contribution is -2.30. The average Bonchev–Trinajstić information content (AvgIpc) is 2.47. The minimum atomic E-state index is -0.579. The molecular weight excluding hydrogens is 292 g/mol. The molecule has 0 aliphatic heterocycles. The van der Waals surface area contributed by atoms with E-state index in [0.29, 0.717) is 25.9 Å². The quantitative estimate of drug-likeness (QED) is 0.325. The molecule has 0 saturated carbocycles. The van der Waals surface area contributed by atoms with Crippen LogP contribution in [0.2, 0.25) is 0 Å². The Kier molecular flexibility index (Phi) is 12.8. The van der Waals surface area contributed by atoms with Gasteiger partial charge in [-0.3, -0.25) is 9.59 Å². The monoisotopic (exact) mass is 328 g/mol. The Morgan fingerprint density at radius 1 is 0.783 bits per heavy atom. The van der Waals surface area contributed by atoms with Crippen LogP contribution in [0.15, 0.2) is 0 Å². The Hall–Kier alpha value is -1.06. The van der Waals surface area contributed by atoms with Crippen molar-refractivity contribution in [2.45, 2.75) is 104 Å². The first-order chi connectivity index (χ1) is 10.9. The SMILES string of the molecule is CCCCCCC(=O)OCCC(C)(C)OC(=O)CCCCCC. The van der Waals surface area contributed by atoms with Gasteiger partial charge in [0.2, 0.25) is 0 Å². The van der Waals surface area contributed by atoms with Crippen molar-refractivity contribution in [2.24, 2.45) is 0 Å². The van der Waals surface area contributed by atoms with E-state index in [1.807, 2.05) is 13.8 Å². The maximum Gasteiger partial charge on any atom is 0.306 e. The van der Waals surface area contributed by atoms with Crippen molar-refractivity contribution in [3.63, 3.8) is 0 Å². The lowest BCUT2D eigenvalue weighted by atomic mass is 10.1. The Morgan fingerprint density at radius 3 is 1.83 bits per heavy atom. The predicted octanol–water partition coefficient (Wildman–Crippen LogP) is 5.18. The van der Waals surface area contributed by atoms with Crippen LogP contribution in [0.3, 0.4) is 0 Å². The predicted molar refractivity (Wildman–Crippen MR) is 93.3 cm³/mol. The van der Waals surface area contributed by atoms with Gasteiger partial charge in [-0.25, -0.2) is 0 Å². The van der Waals surface area contributed by atoms with Gasteiger partial charge >= 0.3 is 11.9 Å². The van der Waals surface area contributed by atoms with Gasteiger partial charge in [-0.2, -0.15) is 0 Å². The molecule has 23 heavy (non-hydrogen) atoms. The van der Waals surface area contributed by atoms with Crippen molar-refractivity contribution in [1.82, 2.24) is 0 Å². The van der Waals surface area contributed by atoms with E-state index >= 15 is 0 Å². The van der Waals surface area contributed by atoms with E-state index in [2.05, 4.69) is 13.8 Å². The summed E-state index contributed by atoms with van der Waals surface area (Å²) in [7, 11) is 0. The van der Waals surface area contributed by atoms with Crippen LogP contribution in [0, 0.1) is 0 Å². The third-order valence-corrected chi connectivity index (χ3v) is 3.83. The summed E-state index contributed by atoms with van der Waals surface area (Å²) in [4.78, 5) is 23.4. The number of carbonyl (C=O) groups excluding carboxylic acids is 2. The largest absolute Gasteiger partial charge is 0.466 e. The summed E-state index contributed by atoms with van der Waals surface area (Å²) in [5, 5.41) is 0. The van der Waals surface area contributed by atoms with Crippen LogP contribution in [0.1, 0.15) is 98.3 Å². The summed E-state index contributed by atoms with van der Waals surface area (Å²) in [5.41, 5.74) is -0.579. The molecular formula is C19H36O4. The molecule has 0 heterocycles. The molecule has 4 heteroatoms. The molecule has 0 saturated heterocycles. The number of esters is 2. The topological polar surface area (TPSA) is 52.6 Å². The van der Waals surface area contributed by atoms with Crippen molar-refractivity contribution in [2.75, 3.05) is 6.61 Å². The van der Waals surface area contributed by atoms with Crippen LogP contribution >= 0.6 is 0 Å². The number of hydrogen-bond donors (Lipinski definition) is 0. The average molecular weight is 328 g/mol. The Balaban J connectivity index is 3.77. The molecule has 136 valence electrons. The van der Waals surface area contributed by atoms with Crippen LogP contribution in [0.5, 0.6) is 0 Å². The van der Waals surface area contributed by atoms with E-state index in [4.69, 9.17) is 9.47 Å². The standard InChI is InChI=1S/C19H36O4/c1-5-7-9-11-13-17(20)22-16-15-19(3,4)23-18(21)14-12-10-8-6-2/h5-16H2,1-4H3. The number of ether oxygens (including phenoxy) is 2. The maximum absolute atomic E-state index is 11.8. The number of carbonyl (C=O) groups is 2. The fourth-order valence-electron chi connectivity index (χ4n) is 2.29. The smallest absolute Gasteiger partial charge is 0.306 e. The van der Waals surface area contributed by atoms with E-state index in [1.54, 1.807) is 0 Å². The molecule has 0 unspecified atom stereocenters. The van der Waals surface area contributed by atoms with Crippen molar-refractivity contribution in [3.05, 3.63) is 0 Å². The highest BCUT2D eigenvalue weighted by molar-refractivity contribution is 5.70. The lowest BCUT2D eigenvalue weighted by molar-refractivity contribution is -0.159. The Labute approximate surface area is 142 Å². The fourth-order valence-corrected chi connectivity index (χ4v) is 2.29. The van der Waals surface area contributed by atoms with Crippen LogP contribution in [-0.4, -0.2) is 24.1 Å². The maximum atomic E-state index is 11.8. The molecule has 0 aliphatic carbocycles. The highest BCUT2D eigenvalue weighted by Gasteiger charge is 2.23. The first-order valence-electron chi connectivity index (χ1n) is 9.28. The third-order valence-electron chi connectivity index (χ3n) is 3.83. The van der Waals surface area contributed by atoms with Crippen molar-refractivity contribution in [1.29, 1.82) is 0 Å². The summed E-state index contributed by atoms with van der Waals surface area (Å²) in [6, 6.07) is 0. The molecule has 0 fully saturated rings. The molecule has 0 N–H and O–H groups in total. The van der Waals surface area contributed by atoms with Gasteiger partial charge in [0.25, 0.3) is 0 Å². The van der Waals surface area contributed by atoms with Crippen LogP contribution in [0.4, 0.5) is 0 Å². The minimum absolute atomic E-state index is 0.150. The molecule has 0 aromatic heterocycles. The van der Waals surface area contributed by atoms with Gasteiger partial charge < -0.3 is 9.47 Å². The fraction of sp³-hybridized carbons (Fsp3) is 0.895. The van der Waals surface area contributed by atoms with Gasteiger partial charge in [-0.15, -0.1) is 0 Å². The second kappa shape index (κ2) is 13.4. The minimum Gasteiger partial charge on any atom is -0.466 e. The van der Waals surface area contributed by atoms with E-state index in [9.17, 15) is 9.59 Å². The highest BCUT2D eigenvalue weighted by atomic mass is 16.6. The van der Waals surface area contributed by atoms with E-state index in [-0.39, 0.29) is 11.9 Å². The van der Waals surface area contributed by atoms with Crippen molar-refractivity contribution < 1.29 is 19.1 Å². The molecule has 0 aromatic carbocycles. The summed E-state index contributed by atoms with van der Waals surface area (Å²) in [6.07, 6.45) is 10.1. The molecule has 4 nitrogen and oxygen atoms in total. The second-order valence-electron chi connectivity index (χ2n) is 6.83. The number of rotatable bonds is 14. The van der Waals surface area contributed by atoms with Gasteiger partial charge in [0.05, 0.1) is 6.61 Å². The molecule has 0 spiro atoms.